The molecule has 0 saturated carbocycles. The summed E-state index contributed by atoms with van der Waals surface area (Å²) in [6.45, 7) is 10.3. The molecule has 0 aliphatic carbocycles. The number of aliphatic imine (C=N–C) groups is 1. The third kappa shape index (κ3) is 5.21. The van der Waals surface area contributed by atoms with E-state index in [0.717, 1.165) is 44.3 Å². The molecule has 3 nitrogen and oxygen atoms in total. The van der Waals surface area contributed by atoms with Gasteiger partial charge in [0.2, 0.25) is 0 Å². The van der Waals surface area contributed by atoms with Crippen molar-refractivity contribution in [3.05, 3.63) is 0 Å². The van der Waals surface area contributed by atoms with Gasteiger partial charge in [-0.05, 0) is 18.8 Å². The van der Waals surface area contributed by atoms with E-state index in [-0.39, 0.29) is 0 Å². The fraction of sp³-hybridized carbons (Fsp3) is 0.917. The molecule has 0 saturated heterocycles. The van der Waals surface area contributed by atoms with Gasteiger partial charge in [-0.25, -0.2) is 0 Å². The Morgan fingerprint density at radius 1 is 1.50 bits per heavy atom. The van der Waals surface area contributed by atoms with Gasteiger partial charge in [-0.3, -0.25) is 4.99 Å². The van der Waals surface area contributed by atoms with Crippen molar-refractivity contribution in [2.24, 2.45) is 10.9 Å². The van der Waals surface area contributed by atoms with Crippen molar-refractivity contribution in [3.63, 3.8) is 0 Å². The lowest BCUT2D eigenvalue weighted by Crippen LogP contribution is -2.22. The van der Waals surface area contributed by atoms with Gasteiger partial charge in [0.25, 0.3) is 0 Å². The SMILES string of the molecule is CCCOCCCNC1=NCC(C(C)C)S1. The zero-order valence-corrected chi connectivity index (χ0v) is 11.5. The van der Waals surface area contributed by atoms with Crippen LogP contribution in [0.3, 0.4) is 0 Å². The molecule has 0 aromatic carbocycles. The molecule has 0 bridgehead atoms. The van der Waals surface area contributed by atoms with E-state index >= 15 is 0 Å². The molecule has 0 amide bonds. The summed E-state index contributed by atoms with van der Waals surface area (Å²) in [5.74, 6) is 0.709. The van der Waals surface area contributed by atoms with Gasteiger partial charge in [0.05, 0.1) is 6.54 Å². The Labute approximate surface area is 103 Å². The molecule has 0 spiro atoms. The Kier molecular flexibility index (Phi) is 6.88. The number of ether oxygens (including phenoxy) is 1. The number of amidine groups is 1. The molecule has 1 heterocycles. The van der Waals surface area contributed by atoms with Crippen LogP contribution in [0.2, 0.25) is 0 Å². The van der Waals surface area contributed by atoms with Crippen LogP contribution in [0.15, 0.2) is 4.99 Å². The second-order valence-corrected chi connectivity index (χ2v) is 5.67. The molecule has 1 rings (SSSR count). The predicted molar refractivity (Wildman–Crippen MR) is 72.2 cm³/mol. The minimum Gasteiger partial charge on any atom is -0.381 e. The van der Waals surface area contributed by atoms with E-state index in [1.165, 1.54) is 0 Å². The predicted octanol–water partition coefficient (Wildman–Crippen LogP) is 2.52. The van der Waals surface area contributed by atoms with Crippen molar-refractivity contribution >= 4 is 16.9 Å². The van der Waals surface area contributed by atoms with E-state index in [4.69, 9.17) is 4.74 Å². The molecule has 1 aliphatic heterocycles. The fourth-order valence-electron chi connectivity index (χ4n) is 1.45. The Hall–Kier alpha value is -0.220. The number of rotatable bonds is 7. The molecule has 4 heteroatoms. The topological polar surface area (TPSA) is 33.6 Å². The van der Waals surface area contributed by atoms with Crippen molar-refractivity contribution in [1.82, 2.24) is 5.32 Å². The van der Waals surface area contributed by atoms with Crippen LogP contribution >= 0.6 is 11.8 Å². The molecule has 1 unspecified atom stereocenters. The number of nitrogens with one attached hydrogen (secondary N) is 1. The second-order valence-electron chi connectivity index (χ2n) is 4.44. The van der Waals surface area contributed by atoms with Crippen molar-refractivity contribution < 1.29 is 4.74 Å². The molecule has 94 valence electrons. The van der Waals surface area contributed by atoms with Gasteiger partial charge in [-0.15, -0.1) is 0 Å². The van der Waals surface area contributed by atoms with E-state index < -0.39 is 0 Å². The third-order valence-electron chi connectivity index (χ3n) is 2.51. The minimum absolute atomic E-state index is 0.666. The lowest BCUT2D eigenvalue weighted by Gasteiger charge is -2.12. The Balaban J connectivity index is 1.98. The molecule has 1 N–H and O–H groups in total. The normalized spacial score (nSPS) is 20.2. The first-order chi connectivity index (χ1) is 7.74. The summed E-state index contributed by atoms with van der Waals surface area (Å²) in [6, 6.07) is 0. The highest BCUT2D eigenvalue weighted by atomic mass is 32.2. The van der Waals surface area contributed by atoms with Gasteiger partial charge in [0.15, 0.2) is 5.17 Å². The highest BCUT2D eigenvalue weighted by Gasteiger charge is 2.21. The molecule has 0 aromatic heterocycles. The number of hydrogen-bond acceptors (Lipinski definition) is 4. The molecule has 1 atom stereocenters. The summed E-state index contributed by atoms with van der Waals surface area (Å²) < 4.78 is 5.42. The second kappa shape index (κ2) is 7.96. The Bertz CT molecular complexity index is 219. The lowest BCUT2D eigenvalue weighted by atomic mass is 10.1. The first kappa shape index (κ1) is 13.8. The van der Waals surface area contributed by atoms with Crippen molar-refractivity contribution in [2.45, 2.75) is 38.9 Å². The van der Waals surface area contributed by atoms with E-state index in [2.05, 4.69) is 31.1 Å². The first-order valence-corrected chi connectivity index (χ1v) is 7.14. The highest BCUT2D eigenvalue weighted by Crippen LogP contribution is 2.25. The quantitative estimate of drug-likeness (QED) is 0.699. The zero-order valence-electron chi connectivity index (χ0n) is 10.7. The minimum atomic E-state index is 0.666. The van der Waals surface area contributed by atoms with Crippen LogP contribution in [-0.4, -0.2) is 36.7 Å². The molecule has 0 fully saturated rings. The fourth-order valence-corrected chi connectivity index (χ4v) is 2.49. The third-order valence-corrected chi connectivity index (χ3v) is 4.00. The standard InChI is InChI=1S/C12H24N2OS/c1-4-7-15-8-5-6-13-12-14-9-11(16-12)10(2)3/h10-11H,4-9H2,1-3H3,(H,13,14). The number of nitrogens with zero attached hydrogens (tertiary/aromatic N) is 1. The van der Waals surface area contributed by atoms with Crippen molar-refractivity contribution in [1.29, 1.82) is 0 Å². The molecular weight excluding hydrogens is 220 g/mol. The van der Waals surface area contributed by atoms with Crippen LogP contribution in [0.25, 0.3) is 0 Å². The molecular formula is C12H24N2OS. The van der Waals surface area contributed by atoms with Crippen LogP contribution in [0, 0.1) is 5.92 Å². The van der Waals surface area contributed by atoms with E-state index in [1.54, 1.807) is 0 Å². The number of hydrogen-bond donors (Lipinski definition) is 1. The monoisotopic (exact) mass is 244 g/mol. The van der Waals surface area contributed by atoms with Crippen LogP contribution in [-0.2, 0) is 4.74 Å². The van der Waals surface area contributed by atoms with Crippen molar-refractivity contribution in [3.8, 4) is 0 Å². The van der Waals surface area contributed by atoms with Gasteiger partial charge in [-0.1, -0.05) is 32.5 Å². The summed E-state index contributed by atoms with van der Waals surface area (Å²) in [7, 11) is 0. The van der Waals surface area contributed by atoms with E-state index in [1.807, 2.05) is 11.8 Å². The summed E-state index contributed by atoms with van der Waals surface area (Å²) in [6.07, 6.45) is 2.16. The maximum Gasteiger partial charge on any atom is 0.156 e. The van der Waals surface area contributed by atoms with Gasteiger partial charge < -0.3 is 10.1 Å². The van der Waals surface area contributed by atoms with Gasteiger partial charge in [0.1, 0.15) is 0 Å². The lowest BCUT2D eigenvalue weighted by molar-refractivity contribution is 0.133. The first-order valence-electron chi connectivity index (χ1n) is 6.26. The molecule has 0 aromatic rings. The van der Waals surface area contributed by atoms with Crippen molar-refractivity contribution in [2.75, 3.05) is 26.3 Å². The molecule has 16 heavy (non-hydrogen) atoms. The summed E-state index contributed by atoms with van der Waals surface area (Å²) in [4.78, 5) is 4.50. The van der Waals surface area contributed by atoms with Crippen LogP contribution in [0.4, 0.5) is 0 Å². The van der Waals surface area contributed by atoms with Gasteiger partial charge in [-0.2, -0.15) is 0 Å². The summed E-state index contributed by atoms with van der Waals surface area (Å²) in [5, 5.41) is 5.16. The van der Waals surface area contributed by atoms with E-state index in [0.29, 0.717) is 11.2 Å². The average molecular weight is 244 g/mol. The number of thioether (sulfide) groups is 1. The summed E-state index contributed by atoms with van der Waals surface area (Å²) >= 11 is 1.89. The zero-order chi connectivity index (χ0) is 11.8. The maximum absolute atomic E-state index is 5.42. The van der Waals surface area contributed by atoms with Crippen LogP contribution < -0.4 is 5.32 Å². The molecule has 0 radical (unpaired) electrons. The summed E-state index contributed by atoms with van der Waals surface area (Å²) in [5.41, 5.74) is 0. The Morgan fingerprint density at radius 3 is 2.94 bits per heavy atom. The Morgan fingerprint density at radius 2 is 2.31 bits per heavy atom. The highest BCUT2D eigenvalue weighted by molar-refractivity contribution is 8.14. The van der Waals surface area contributed by atoms with E-state index in [9.17, 15) is 0 Å². The van der Waals surface area contributed by atoms with Gasteiger partial charge in [0, 0.05) is 25.0 Å². The van der Waals surface area contributed by atoms with Crippen LogP contribution in [0.1, 0.15) is 33.6 Å². The van der Waals surface area contributed by atoms with Crippen LogP contribution in [0.5, 0.6) is 0 Å². The van der Waals surface area contributed by atoms with Gasteiger partial charge >= 0.3 is 0 Å². The smallest absolute Gasteiger partial charge is 0.156 e. The average Bonchev–Trinajstić information content (AvgIpc) is 2.72. The largest absolute Gasteiger partial charge is 0.381 e. The maximum atomic E-state index is 5.42. The molecule has 1 aliphatic rings.